The van der Waals surface area contributed by atoms with E-state index >= 15 is 0 Å². The molecule has 3 aromatic rings. The first kappa shape index (κ1) is 12.7. The molecule has 5 heteroatoms. The van der Waals surface area contributed by atoms with E-state index < -0.39 is 5.63 Å². The fraction of sp³-hybridized carbons (Fsp3) is 0. The lowest BCUT2D eigenvalue weighted by atomic mass is 10.1. The predicted octanol–water partition coefficient (Wildman–Crippen LogP) is 3.63. The molecule has 2 aromatic carbocycles. The van der Waals surface area contributed by atoms with Gasteiger partial charge in [0.25, 0.3) is 0 Å². The summed E-state index contributed by atoms with van der Waals surface area (Å²) in [7, 11) is 0. The zero-order valence-corrected chi connectivity index (χ0v) is 11.7. The highest BCUT2D eigenvalue weighted by Crippen LogP contribution is 2.31. The maximum atomic E-state index is 12.0. The van der Waals surface area contributed by atoms with Crippen LogP contribution in [0.2, 0.25) is 0 Å². The molecule has 0 aliphatic heterocycles. The van der Waals surface area contributed by atoms with Gasteiger partial charge in [-0.05, 0) is 23.8 Å². The molecule has 0 atom stereocenters. The lowest BCUT2D eigenvalue weighted by Crippen LogP contribution is -2.02. The summed E-state index contributed by atoms with van der Waals surface area (Å²) in [6.07, 6.45) is 0. The lowest BCUT2D eigenvalue weighted by Gasteiger charge is -2.05. The maximum Gasteiger partial charge on any atom is 0.344 e. The Morgan fingerprint density at radius 1 is 1.00 bits per heavy atom. The molecular weight excluding hydrogens is 324 g/mol. The topological polar surface area (TPSA) is 70.7 Å². The molecule has 0 saturated carbocycles. The van der Waals surface area contributed by atoms with Crippen molar-refractivity contribution >= 4 is 26.9 Å². The molecule has 1 heterocycles. The lowest BCUT2D eigenvalue weighted by molar-refractivity contribution is 0.451. The Hall–Kier alpha value is -2.27. The van der Waals surface area contributed by atoms with Gasteiger partial charge in [-0.25, -0.2) is 4.79 Å². The van der Waals surface area contributed by atoms with Gasteiger partial charge >= 0.3 is 5.63 Å². The van der Waals surface area contributed by atoms with Crippen LogP contribution >= 0.6 is 15.9 Å². The van der Waals surface area contributed by atoms with Crippen LogP contribution in [0.25, 0.3) is 22.1 Å². The molecule has 2 N–H and O–H groups in total. The Morgan fingerprint density at radius 2 is 1.70 bits per heavy atom. The van der Waals surface area contributed by atoms with Gasteiger partial charge in [-0.2, -0.15) is 0 Å². The van der Waals surface area contributed by atoms with Gasteiger partial charge in [0.15, 0.2) is 0 Å². The number of hydrogen-bond donors (Lipinski definition) is 2. The summed E-state index contributed by atoms with van der Waals surface area (Å²) in [5, 5.41) is 19.6. The highest BCUT2D eigenvalue weighted by Gasteiger charge is 2.11. The van der Waals surface area contributed by atoms with Crippen LogP contribution in [0.15, 0.2) is 56.1 Å². The highest BCUT2D eigenvalue weighted by atomic mass is 79.9. The largest absolute Gasteiger partial charge is 0.508 e. The Bertz CT molecular complexity index is 850. The second kappa shape index (κ2) is 4.68. The van der Waals surface area contributed by atoms with Crippen LogP contribution in [-0.4, -0.2) is 10.2 Å². The fourth-order valence-electron chi connectivity index (χ4n) is 2.02. The van der Waals surface area contributed by atoms with Gasteiger partial charge in [-0.3, -0.25) is 0 Å². The van der Waals surface area contributed by atoms with Crippen LogP contribution in [0.3, 0.4) is 0 Å². The van der Waals surface area contributed by atoms with Crippen molar-refractivity contribution in [1.82, 2.24) is 0 Å². The van der Waals surface area contributed by atoms with E-state index in [0.717, 1.165) is 4.47 Å². The third-order valence-electron chi connectivity index (χ3n) is 2.97. The second-order valence-corrected chi connectivity index (χ2v) is 5.25. The van der Waals surface area contributed by atoms with Gasteiger partial charge in [0, 0.05) is 16.6 Å². The Labute approximate surface area is 122 Å². The molecule has 1 aromatic heterocycles. The Morgan fingerprint density at radius 3 is 2.40 bits per heavy atom. The molecule has 0 saturated heterocycles. The van der Waals surface area contributed by atoms with Crippen LogP contribution in [-0.2, 0) is 0 Å². The van der Waals surface area contributed by atoms with Crippen molar-refractivity contribution < 1.29 is 14.6 Å². The van der Waals surface area contributed by atoms with Gasteiger partial charge in [-0.1, -0.05) is 28.1 Å². The van der Waals surface area contributed by atoms with Crippen molar-refractivity contribution in [3.63, 3.8) is 0 Å². The SMILES string of the molecule is O=c1oc2cc(O)cc(O)c2cc1-c1ccc(Br)cc1. The molecular formula is C15H9BrO4. The van der Waals surface area contributed by atoms with E-state index in [4.69, 9.17) is 4.42 Å². The molecule has 0 spiro atoms. The number of aromatic hydroxyl groups is 2. The number of hydrogen-bond acceptors (Lipinski definition) is 4. The fourth-order valence-corrected chi connectivity index (χ4v) is 2.28. The minimum Gasteiger partial charge on any atom is -0.508 e. The quantitative estimate of drug-likeness (QED) is 0.667. The van der Waals surface area contributed by atoms with Crippen LogP contribution in [0.1, 0.15) is 0 Å². The van der Waals surface area contributed by atoms with Crippen molar-refractivity contribution in [1.29, 1.82) is 0 Å². The zero-order chi connectivity index (χ0) is 14.3. The molecule has 100 valence electrons. The molecule has 0 amide bonds. The molecule has 3 rings (SSSR count). The average Bonchev–Trinajstić information content (AvgIpc) is 2.39. The Kier molecular flexibility index (Phi) is 2.99. The summed E-state index contributed by atoms with van der Waals surface area (Å²) in [6, 6.07) is 11.2. The number of halogens is 1. The van der Waals surface area contributed by atoms with E-state index in [1.54, 1.807) is 18.2 Å². The summed E-state index contributed by atoms with van der Waals surface area (Å²) in [4.78, 5) is 12.0. The van der Waals surface area contributed by atoms with E-state index in [-0.39, 0.29) is 17.1 Å². The monoisotopic (exact) mass is 332 g/mol. The summed E-state index contributed by atoms with van der Waals surface area (Å²) < 4.78 is 6.05. The third kappa shape index (κ3) is 2.16. The molecule has 20 heavy (non-hydrogen) atoms. The normalized spacial score (nSPS) is 10.8. The summed E-state index contributed by atoms with van der Waals surface area (Å²) >= 11 is 3.33. The molecule has 0 radical (unpaired) electrons. The van der Waals surface area contributed by atoms with Gasteiger partial charge < -0.3 is 14.6 Å². The van der Waals surface area contributed by atoms with Gasteiger partial charge in [0.1, 0.15) is 17.1 Å². The van der Waals surface area contributed by atoms with Gasteiger partial charge in [0.2, 0.25) is 0 Å². The van der Waals surface area contributed by atoms with Crippen molar-refractivity contribution in [3.8, 4) is 22.6 Å². The summed E-state index contributed by atoms with van der Waals surface area (Å²) in [5.74, 6) is -0.295. The number of rotatable bonds is 1. The zero-order valence-electron chi connectivity index (χ0n) is 10.1. The molecule has 0 aliphatic carbocycles. The first-order valence-corrected chi connectivity index (χ1v) is 6.59. The highest BCUT2D eigenvalue weighted by molar-refractivity contribution is 9.10. The number of fused-ring (bicyclic) bond motifs is 1. The first-order chi connectivity index (χ1) is 9.54. The standard InChI is InChI=1S/C15H9BrO4/c16-9-3-1-8(2-4-9)11-7-12-13(18)5-10(17)6-14(12)20-15(11)19/h1-7,17-18H. The minimum atomic E-state index is -0.523. The molecule has 0 bridgehead atoms. The predicted molar refractivity (Wildman–Crippen MR) is 78.9 cm³/mol. The Balaban J connectivity index is 2.29. The molecule has 0 aliphatic rings. The van der Waals surface area contributed by atoms with E-state index in [1.807, 2.05) is 12.1 Å². The van der Waals surface area contributed by atoms with Crippen molar-refractivity contribution in [3.05, 3.63) is 57.4 Å². The smallest absolute Gasteiger partial charge is 0.344 e. The van der Waals surface area contributed by atoms with Gasteiger partial charge in [-0.15, -0.1) is 0 Å². The van der Waals surface area contributed by atoms with Crippen molar-refractivity contribution in [2.75, 3.05) is 0 Å². The van der Waals surface area contributed by atoms with Crippen LogP contribution < -0.4 is 5.63 Å². The number of phenols is 2. The van der Waals surface area contributed by atoms with Crippen LogP contribution in [0.4, 0.5) is 0 Å². The minimum absolute atomic E-state index is 0.137. The molecule has 0 fully saturated rings. The van der Waals surface area contributed by atoms with Crippen LogP contribution in [0.5, 0.6) is 11.5 Å². The number of benzene rings is 2. The summed E-state index contributed by atoms with van der Waals surface area (Å²) in [6.45, 7) is 0. The molecule has 0 unspecified atom stereocenters. The van der Waals surface area contributed by atoms with Crippen LogP contribution in [0, 0.1) is 0 Å². The van der Waals surface area contributed by atoms with E-state index in [1.165, 1.54) is 12.1 Å². The van der Waals surface area contributed by atoms with Crippen molar-refractivity contribution in [2.24, 2.45) is 0 Å². The maximum absolute atomic E-state index is 12.0. The summed E-state index contributed by atoms with van der Waals surface area (Å²) in [5.41, 5.74) is 0.667. The molecule has 4 nitrogen and oxygen atoms in total. The number of phenolic OH excluding ortho intramolecular Hbond substituents is 2. The van der Waals surface area contributed by atoms with E-state index in [0.29, 0.717) is 16.5 Å². The third-order valence-corrected chi connectivity index (χ3v) is 3.50. The van der Waals surface area contributed by atoms with E-state index in [9.17, 15) is 15.0 Å². The first-order valence-electron chi connectivity index (χ1n) is 5.80. The van der Waals surface area contributed by atoms with Gasteiger partial charge in [0.05, 0.1) is 10.9 Å². The van der Waals surface area contributed by atoms with Crippen molar-refractivity contribution in [2.45, 2.75) is 0 Å². The van der Waals surface area contributed by atoms with E-state index in [2.05, 4.69) is 15.9 Å². The average molecular weight is 333 g/mol. The second-order valence-electron chi connectivity index (χ2n) is 4.33.